The van der Waals surface area contributed by atoms with E-state index in [9.17, 15) is 24.0 Å². The Morgan fingerprint density at radius 1 is 0.618 bits per heavy atom. The number of pyridine rings is 4. The number of carbonyl (C=O) groups is 4. The second kappa shape index (κ2) is 25.9. The molecule has 5 heterocycles. The molecule has 0 radical (unpaired) electrons. The molecule has 0 fully saturated rings. The molecule has 0 aliphatic heterocycles. The molecule has 0 aliphatic carbocycles. The van der Waals surface area contributed by atoms with Gasteiger partial charge in [-0.15, -0.1) is 0 Å². The minimum atomic E-state index is -2.14. The smallest absolute Gasteiger partial charge is 0.371 e. The molecule has 0 amide bonds. The van der Waals surface area contributed by atoms with Crippen molar-refractivity contribution in [3.8, 4) is 17.1 Å². The molecule has 15 heteroatoms. The van der Waals surface area contributed by atoms with Gasteiger partial charge in [-0.05, 0) is 81.5 Å². The number of aromatic carboxylic acids is 1. The Morgan fingerprint density at radius 2 is 1.15 bits per heavy atom. The van der Waals surface area contributed by atoms with Crippen LogP contribution in [0.25, 0.3) is 17.1 Å². The fourth-order valence-electron chi connectivity index (χ4n) is 3.54. The van der Waals surface area contributed by atoms with Gasteiger partial charge in [-0.1, -0.05) is 54.6 Å². The van der Waals surface area contributed by atoms with E-state index in [2.05, 4.69) is 37.2 Å². The number of aliphatic hydroxyl groups excluding tert-OH is 1. The molecular formula is C40H44N6O8Si. The molecule has 1 aromatic carbocycles. The lowest BCUT2D eigenvalue weighted by atomic mass is 10.1. The molecule has 4 N–H and O–H groups in total. The zero-order valence-electron chi connectivity index (χ0n) is 31.0. The number of hydrogen-bond acceptors (Lipinski definition) is 11. The maximum Gasteiger partial charge on any atom is 0.371 e. The predicted molar refractivity (Wildman–Crippen MR) is 211 cm³/mol. The summed E-state index contributed by atoms with van der Waals surface area (Å²) in [6.07, 6.45) is 11.5. The average Bonchev–Trinajstić information content (AvgIpc) is 3.73. The van der Waals surface area contributed by atoms with Gasteiger partial charge in [-0.25, -0.2) is 24.2 Å². The molecular weight excluding hydrogens is 721 g/mol. The van der Waals surface area contributed by atoms with Crippen LogP contribution in [-0.4, -0.2) is 81.7 Å². The highest BCUT2D eigenvalue weighted by Gasteiger charge is 2.20. The Bertz CT molecular complexity index is 1940. The van der Waals surface area contributed by atoms with Crippen LogP contribution in [-0.2, 0) is 14.4 Å². The van der Waals surface area contributed by atoms with Crippen LogP contribution < -0.4 is 5.32 Å². The highest BCUT2D eigenvalue weighted by molar-refractivity contribution is 6.82. The van der Waals surface area contributed by atoms with Gasteiger partial charge < -0.3 is 20.1 Å². The third kappa shape index (κ3) is 21.9. The minimum absolute atomic E-state index is 0.0625. The topological polar surface area (TPSA) is 219 Å². The Morgan fingerprint density at radius 3 is 1.47 bits per heavy atom. The second-order valence-corrected chi connectivity index (χ2v) is 14.9. The van der Waals surface area contributed by atoms with Gasteiger partial charge in [0.25, 0.3) is 0 Å². The molecule has 6 aromatic rings. The van der Waals surface area contributed by atoms with Crippen LogP contribution >= 0.6 is 0 Å². The van der Waals surface area contributed by atoms with E-state index in [1.54, 1.807) is 35.4 Å². The second-order valence-electron chi connectivity index (χ2n) is 11.3. The molecule has 0 bridgehead atoms. The van der Waals surface area contributed by atoms with Crippen LogP contribution in [0.1, 0.15) is 31.3 Å². The largest absolute Gasteiger partial charge is 0.512 e. The van der Waals surface area contributed by atoms with E-state index in [0.29, 0.717) is 0 Å². The van der Waals surface area contributed by atoms with Gasteiger partial charge in [0.1, 0.15) is 5.69 Å². The SMILES string of the molecule is CC(=O)/C=C(/C)O.CC(=O)C(=O)O.C[Si](C)(O)c1ccccn1.O=C(O)c1ccccn1.c1ccc(-c2ccccn2)cc1.c1ccc(-n2cccn2)nc1. The van der Waals surface area contributed by atoms with Gasteiger partial charge in [0.05, 0.1) is 16.8 Å². The molecule has 286 valence electrons. The molecule has 55 heavy (non-hydrogen) atoms. The molecule has 0 saturated heterocycles. The Balaban J connectivity index is 0.000000335. The van der Waals surface area contributed by atoms with Gasteiger partial charge >= 0.3 is 11.9 Å². The van der Waals surface area contributed by atoms with Gasteiger partial charge in [0, 0.05) is 55.7 Å². The predicted octanol–water partition coefficient (Wildman–Crippen LogP) is 5.98. The Labute approximate surface area is 320 Å². The summed E-state index contributed by atoms with van der Waals surface area (Å²) in [6, 6.07) is 34.1. The summed E-state index contributed by atoms with van der Waals surface area (Å²) in [6.45, 7) is 7.56. The number of carboxylic acid groups (broad SMARTS) is 2. The van der Waals surface area contributed by atoms with Crippen molar-refractivity contribution in [2.45, 2.75) is 33.9 Å². The minimum Gasteiger partial charge on any atom is -0.512 e. The number of carboxylic acids is 2. The molecule has 0 spiro atoms. The third-order valence-corrected chi connectivity index (χ3v) is 7.56. The summed E-state index contributed by atoms with van der Waals surface area (Å²) in [5.41, 5.74) is 2.27. The number of aliphatic carboxylic acids is 1. The summed E-state index contributed by atoms with van der Waals surface area (Å²) in [5.74, 6) is -2.41. The van der Waals surface area contributed by atoms with E-state index >= 15 is 0 Å². The molecule has 0 saturated carbocycles. The van der Waals surface area contributed by atoms with Crippen LogP contribution in [0.5, 0.6) is 0 Å². The number of ketones is 2. The van der Waals surface area contributed by atoms with Gasteiger partial charge in [0.15, 0.2) is 11.6 Å². The van der Waals surface area contributed by atoms with Crippen LogP contribution in [0.4, 0.5) is 0 Å². The molecule has 6 rings (SSSR count). The quantitative estimate of drug-likeness (QED) is 0.0665. The Kier molecular flexibility index (Phi) is 21.7. The van der Waals surface area contributed by atoms with Crippen LogP contribution in [0.3, 0.4) is 0 Å². The van der Waals surface area contributed by atoms with Crippen LogP contribution in [0, 0.1) is 0 Å². The molecule has 5 aromatic heterocycles. The molecule has 14 nitrogen and oxygen atoms in total. The monoisotopic (exact) mass is 764 g/mol. The van der Waals surface area contributed by atoms with Crippen molar-refractivity contribution < 1.29 is 39.3 Å². The normalized spacial score (nSPS) is 9.89. The summed E-state index contributed by atoms with van der Waals surface area (Å²) >= 11 is 0. The number of Topliss-reactive ketones (excluding diaryl/α,β-unsaturated/α-hetero) is 1. The van der Waals surface area contributed by atoms with Gasteiger partial charge in [0.2, 0.25) is 14.1 Å². The van der Waals surface area contributed by atoms with E-state index < -0.39 is 26.0 Å². The van der Waals surface area contributed by atoms with Crippen molar-refractivity contribution in [2.75, 3.05) is 0 Å². The van der Waals surface area contributed by atoms with Gasteiger partial charge in [-0.2, -0.15) is 5.10 Å². The van der Waals surface area contributed by atoms with E-state index in [1.807, 2.05) is 104 Å². The first-order chi connectivity index (χ1) is 26.1. The summed E-state index contributed by atoms with van der Waals surface area (Å²) in [7, 11) is -2.14. The number of nitrogens with zero attached hydrogens (tertiary/aromatic N) is 6. The lowest BCUT2D eigenvalue weighted by Gasteiger charge is -2.11. The van der Waals surface area contributed by atoms with E-state index in [0.717, 1.165) is 29.3 Å². The van der Waals surface area contributed by atoms with Crippen LogP contribution in [0.2, 0.25) is 13.1 Å². The van der Waals surface area contributed by atoms with Crippen molar-refractivity contribution in [1.82, 2.24) is 29.7 Å². The third-order valence-electron chi connectivity index (χ3n) is 6.01. The number of carbonyl (C=O) groups excluding carboxylic acids is 2. The maximum absolute atomic E-state index is 10.1. The van der Waals surface area contributed by atoms with Gasteiger partial charge in [-0.3, -0.25) is 19.6 Å². The first kappa shape index (κ1) is 46.0. The first-order valence-electron chi connectivity index (χ1n) is 16.4. The Hall–Kier alpha value is -6.97. The van der Waals surface area contributed by atoms with Crippen molar-refractivity contribution in [3.05, 3.63) is 164 Å². The summed E-state index contributed by atoms with van der Waals surface area (Å²) < 4.78 is 1.72. The number of aliphatic hydroxyl groups is 1. The average molecular weight is 765 g/mol. The lowest BCUT2D eigenvalue weighted by molar-refractivity contribution is -0.148. The number of benzene rings is 1. The highest BCUT2D eigenvalue weighted by Crippen LogP contribution is 2.14. The van der Waals surface area contributed by atoms with Crippen LogP contribution in [0.15, 0.2) is 158 Å². The van der Waals surface area contributed by atoms with E-state index in [1.165, 1.54) is 32.2 Å². The summed E-state index contributed by atoms with van der Waals surface area (Å²) in [4.78, 5) is 64.6. The van der Waals surface area contributed by atoms with Crippen molar-refractivity contribution in [2.24, 2.45) is 0 Å². The number of rotatable bonds is 6. The molecule has 0 atom stereocenters. The van der Waals surface area contributed by atoms with Crippen molar-refractivity contribution >= 4 is 37.1 Å². The van der Waals surface area contributed by atoms with E-state index in [4.69, 9.17) is 15.3 Å². The number of aromatic nitrogens is 6. The van der Waals surface area contributed by atoms with Crippen molar-refractivity contribution in [3.63, 3.8) is 0 Å². The summed E-state index contributed by atoms with van der Waals surface area (Å²) in [5, 5.41) is 29.2. The first-order valence-corrected chi connectivity index (χ1v) is 19.3. The molecule has 0 aliphatic rings. The maximum atomic E-state index is 10.1. The number of allylic oxidation sites excluding steroid dienone is 2. The molecule has 0 unspecified atom stereocenters. The fourth-order valence-corrected chi connectivity index (χ4v) is 4.44. The highest BCUT2D eigenvalue weighted by atomic mass is 28.4. The zero-order valence-corrected chi connectivity index (χ0v) is 32.0. The van der Waals surface area contributed by atoms with E-state index in [-0.39, 0.29) is 17.2 Å². The zero-order chi connectivity index (χ0) is 41.1. The fraction of sp³-hybridized carbons (Fsp3) is 0.125. The number of hydrogen-bond donors (Lipinski definition) is 4. The lowest BCUT2D eigenvalue weighted by Crippen LogP contribution is -2.43. The standard InChI is InChI=1S/C11H9N.C8H7N3.C7H11NOSi.C6H5NO2.C5H8O2.C3H4O3/c1-2-6-10(7-3-1)11-8-4-5-9-12-11;1-2-5-9-8(4-1)11-7-3-6-10-11;1-10(2,9)7-5-3-4-6-8-7;8-6(9)5-3-1-2-4-7-5;1-4(6)3-5(2)7;1-2(4)3(5)6/h1-9H;1-7H;3-6,9H,1-2H3;1-4H,(H,8,9);3,6H,1-2H3;1H3,(H,5,6)/b;;;;4-3-;. The van der Waals surface area contributed by atoms with Crippen molar-refractivity contribution in [1.29, 1.82) is 0 Å².